The van der Waals surface area contributed by atoms with Crippen molar-refractivity contribution in [3.05, 3.63) is 49.2 Å². The van der Waals surface area contributed by atoms with Crippen molar-refractivity contribution in [1.82, 2.24) is 29.8 Å². The van der Waals surface area contributed by atoms with Gasteiger partial charge >= 0.3 is 0 Å². The molecule has 0 spiro atoms. The fourth-order valence-electron chi connectivity index (χ4n) is 1.82. The molecule has 21 heavy (non-hydrogen) atoms. The Bertz CT molecular complexity index is 859. The van der Waals surface area contributed by atoms with E-state index in [1.165, 1.54) is 17.7 Å². The van der Waals surface area contributed by atoms with E-state index >= 15 is 0 Å². The maximum absolute atomic E-state index is 5.81. The van der Waals surface area contributed by atoms with Gasteiger partial charge in [0.25, 0.3) is 0 Å². The van der Waals surface area contributed by atoms with Crippen molar-refractivity contribution in [2.45, 2.75) is 0 Å². The molecule has 0 amide bonds. The minimum atomic E-state index is 0.459. The van der Waals surface area contributed by atoms with Crippen LogP contribution >= 0.6 is 11.3 Å². The lowest BCUT2D eigenvalue weighted by Crippen LogP contribution is -1.93. The Morgan fingerprint density at radius 1 is 1.14 bits per heavy atom. The highest BCUT2D eigenvalue weighted by atomic mass is 32.1. The minimum absolute atomic E-state index is 0.459. The van der Waals surface area contributed by atoms with Crippen LogP contribution in [-0.4, -0.2) is 29.8 Å². The number of nitrogens with zero attached hydrogens (tertiary/aromatic N) is 6. The van der Waals surface area contributed by atoms with Crippen LogP contribution in [0.4, 0.5) is 0 Å². The van der Waals surface area contributed by atoms with Crippen LogP contribution in [0.3, 0.4) is 0 Å². The van der Waals surface area contributed by atoms with Gasteiger partial charge in [-0.3, -0.25) is 0 Å². The summed E-state index contributed by atoms with van der Waals surface area (Å²) in [6.07, 6.45) is 4.68. The third-order valence-corrected chi connectivity index (χ3v) is 3.70. The molecule has 0 aliphatic rings. The molecule has 3 aromatic heterocycles. The molecule has 1 aromatic carbocycles. The van der Waals surface area contributed by atoms with Crippen molar-refractivity contribution in [3.8, 4) is 22.2 Å². The van der Waals surface area contributed by atoms with E-state index in [-0.39, 0.29) is 0 Å². The number of fused-ring (bicyclic) bond motifs is 1. The molecule has 102 valence electrons. The first kappa shape index (κ1) is 11.9. The number of ether oxygens (including phenoxy) is 1. The van der Waals surface area contributed by atoms with E-state index in [4.69, 9.17) is 4.74 Å². The van der Waals surface area contributed by atoms with Gasteiger partial charge in [0, 0.05) is 6.20 Å². The fraction of sp³-hybridized carbons (Fsp3) is 0. The highest BCUT2D eigenvalue weighted by Crippen LogP contribution is 2.32. The summed E-state index contributed by atoms with van der Waals surface area (Å²) in [5.41, 5.74) is 0.719. The molecule has 0 N–H and O–H groups in total. The summed E-state index contributed by atoms with van der Waals surface area (Å²) < 4.78 is 7.42. The van der Waals surface area contributed by atoms with Gasteiger partial charge in [-0.15, -0.1) is 10.2 Å². The molecule has 7 nitrogen and oxygen atoms in total. The number of rotatable bonds is 3. The minimum Gasteiger partial charge on any atom is -0.438 e. The van der Waals surface area contributed by atoms with Gasteiger partial charge < -0.3 is 4.74 Å². The van der Waals surface area contributed by atoms with Crippen molar-refractivity contribution < 1.29 is 4.74 Å². The van der Waals surface area contributed by atoms with Crippen LogP contribution in [-0.2, 0) is 0 Å². The molecule has 4 rings (SSSR count). The smallest absolute Gasteiger partial charge is 0.234 e. The number of hydrogen-bond acceptors (Lipinski definition) is 7. The number of para-hydroxylation sites is 1. The lowest BCUT2D eigenvalue weighted by atomic mass is 10.3. The van der Waals surface area contributed by atoms with Crippen LogP contribution in [0.5, 0.6) is 11.6 Å². The third-order valence-electron chi connectivity index (χ3n) is 2.75. The first-order valence-electron chi connectivity index (χ1n) is 6.10. The summed E-state index contributed by atoms with van der Waals surface area (Å²) in [6.45, 7) is 0. The molecule has 0 saturated heterocycles. The van der Waals surface area contributed by atoms with Crippen molar-refractivity contribution >= 4 is 16.3 Å². The number of benzene rings is 1. The zero-order valence-electron chi connectivity index (χ0n) is 10.6. The SMILES string of the molecule is c1ccc(Oc2ncncc2-c2nn3cnnc3s2)cc1. The number of hydrogen-bond donors (Lipinski definition) is 0. The molecule has 0 saturated carbocycles. The van der Waals surface area contributed by atoms with Gasteiger partial charge in [0.15, 0.2) is 5.01 Å². The summed E-state index contributed by atoms with van der Waals surface area (Å²) in [6, 6.07) is 9.46. The van der Waals surface area contributed by atoms with Crippen LogP contribution < -0.4 is 4.74 Å². The predicted molar refractivity (Wildman–Crippen MR) is 76.2 cm³/mol. The average Bonchev–Trinajstić information content (AvgIpc) is 3.10. The Morgan fingerprint density at radius 2 is 2.05 bits per heavy atom. The lowest BCUT2D eigenvalue weighted by molar-refractivity contribution is 0.463. The zero-order valence-corrected chi connectivity index (χ0v) is 11.4. The quantitative estimate of drug-likeness (QED) is 0.578. The van der Waals surface area contributed by atoms with E-state index in [0.717, 1.165) is 10.6 Å². The summed E-state index contributed by atoms with van der Waals surface area (Å²) in [7, 11) is 0. The molecule has 0 bridgehead atoms. The van der Waals surface area contributed by atoms with E-state index in [2.05, 4.69) is 25.3 Å². The Kier molecular flexibility index (Phi) is 2.79. The van der Waals surface area contributed by atoms with Gasteiger partial charge in [0.2, 0.25) is 10.8 Å². The molecule has 3 heterocycles. The average molecular weight is 296 g/mol. The highest BCUT2D eigenvalue weighted by molar-refractivity contribution is 7.19. The summed E-state index contributed by atoms with van der Waals surface area (Å²) in [4.78, 5) is 8.95. The van der Waals surface area contributed by atoms with E-state index in [1.807, 2.05) is 30.3 Å². The normalized spacial score (nSPS) is 10.9. The largest absolute Gasteiger partial charge is 0.438 e. The van der Waals surface area contributed by atoms with Gasteiger partial charge in [0.1, 0.15) is 18.4 Å². The Balaban J connectivity index is 1.77. The van der Waals surface area contributed by atoms with Gasteiger partial charge in [0.05, 0.1) is 5.56 Å². The van der Waals surface area contributed by atoms with Crippen molar-refractivity contribution in [1.29, 1.82) is 0 Å². The Hall–Kier alpha value is -2.87. The zero-order chi connectivity index (χ0) is 14.1. The van der Waals surface area contributed by atoms with Crippen molar-refractivity contribution in [2.75, 3.05) is 0 Å². The Morgan fingerprint density at radius 3 is 2.90 bits per heavy atom. The molecule has 0 unspecified atom stereocenters. The van der Waals surface area contributed by atoms with Crippen molar-refractivity contribution in [3.63, 3.8) is 0 Å². The molecular weight excluding hydrogens is 288 g/mol. The summed E-state index contributed by atoms with van der Waals surface area (Å²) >= 11 is 1.40. The van der Waals surface area contributed by atoms with E-state index < -0.39 is 0 Å². The van der Waals surface area contributed by atoms with Crippen LogP contribution in [0.25, 0.3) is 15.5 Å². The van der Waals surface area contributed by atoms with E-state index in [0.29, 0.717) is 16.6 Å². The fourth-order valence-corrected chi connectivity index (χ4v) is 2.64. The highest BCUT2D eigenvalue weighted by Gasteiger charge is 2.14. The third kappa shape index (κ3) is 2.21. The van der Waals surface area contributed by atoms with Gasteiger partial charge in [-0.05, 0) is 12.1 Å². The lowest BCUT2D eigenvalue weighted by Gasteiger charge is -2.06. The monoisotopic (exact) mass is 296 g/mol. The topological polar surface area (TPSA) is 78.1 Å². The van der Waals surface area contributed by atoms with Gasteiger partial charge in [-0.1, -0.05) is 29.5 Å². The van der Waals surface area contributed by atoms with Gasteiger partial charge in [-0.25, -0.2) is 9.97 Å². The first-order valence-corrected chi connectivity index (χ1v) is 6.92. The van der Waals surface area contributed by atoms with Crippen LogP contribution in [0.15, 0.2) is 49.2 Å². The molecule has 0 radical (unpaired) electrons. The maximum atomic E-state index is 5.81. The van der Waals surface area contributed by atoms with Crippen LogP contribution in [0, 0.1) is 0 Å². The standard InChI is InChI=1S/C13H8N6OS/c1-2-4-9(5-3-1)20-11-10(6-14-7-15-11)12-18-19-8-16-17-13(19)21-12/h1-8H. The second kappa shape index (κ2) is 4.91. The summed E-state index contributed by atoms with van der Waals surface area (Å²) in [5.74, 6) is 1.17. The van der Waals surface area contributed by atoms with Crippen molar-refractivity contribution in [2.24, 2.45) is 0 Å². The Labute approximate surface area is 122 Å². The first-order chi connectivity index (χ1) is 10.4. The van der Waals surface area contributed by atoms with Gasteiger partial charge in [-0.2, -0.15) is 9.61 Å². The molecule has 0 atom stereocenters. The predicted octanol–water partition coefficient (Wildman–Crippen LogP) is 2.44. The molecule has 0 aliphatic carbocycles. The van der Waals surface area contributed by atoms with Crippen LogP contribution in [0.2, 0.25) is 0 Å². The second-order valence-corrected chi connectivity index (χ2v) is 5.08. The van der Waals surface area contributed by atoms with E-state index in [9.17, 15) is 0 Å². The second-order valence-electron chi connectivity index (χ2n) is 4.12. The van der Waals surface area contributed by atoms with Crippen LogP contribution in [0.1, 0.15) is 0 Å². The van der Waals surface area contributed by atoms with E-state index in [1.54, 1.807) is 17.0 Å². The number of aromatic nitrogens is 6. The maximum Gasteiger partial charge on any atom is 0.234 e. The molecule has 8 heteroatoms. The summed E-state index contributed by atoms with van der Waals surface area (Å²) in [5, 5.41) is 12.9. The molecule has 4 aromatic rings. The molecule has 0 aliphatic heterocycles. The molecular formula is C13H8N6OS. The molecule has 0 fully saturated rings.